The van der Waals surface area contributed by atoms with Gasteiger partial charge in [-0.2, -0.15) is 0 Å². The first-order chi connectivity index (χ1) is 21.1. The maximum Gasteiger partial charge on any atom is 0.412 e. The largest absolute Gasteiger partial charge is 0.465 e. The zero-order valence-electron chi connectivity index (χ0n) is 23.2. The Hall–Kier alpha value is -5.10. The van der Waals surface area contributed by atoms with E-state index in [-0.39, 0.29) is 46.9 Å². The molecule has 1 aromatic heterocycles. The number of carbonyl (C=O) groups is 4. The van der Waals surface area contributed by atoms with Crippen LogP contribution < -0.4 is 16.0 Å². The molecule has 1 fully saturated rings. The number of para-hydroxylation sites is 1. The van der Waals surface area contributed by atoms with Crippen molar-refractivity contribution in [2.24, 2.45) is 0 Å². The predicted octanol–water partition coefficient (Wildman–Crippen LogP) is 5.47. The topological polar surface area (TPSA) is 153 Å². The van der Waals surface area contributed by atoms with Gasteiger partial charge in [-0.05, 0) is 60.9 Å². The minimum Gasteiger partial charge on any atom is -0.465 e. The van der Waals surface area contributed by atoms with Crippen molar-refractivity contribution in [2.45, 2.75) is 30.9 Å². The molecule has 2 aliphatic rings. The van der Waals surface area contributed by atoms with Crippen LogP contribution in [-0.2, 0) is 21.6 Å². The molecule has 0 radical (unpaired) electrons. The number of aromatic amines is 1. The Morgan fingerprint density at radius 3 is 2.66 bits per heavy atom. The number of halogens is 2. The number of carboxylic acid groups (broad SMARTS) is 1. The second kappa shape index (κ2) is 11.5. The number of fused-ring (bicyclic) bond motifs is 3. The van der Waals surface area contributed by atoms with Crippen LogP contribution >= 0.6 is 11.6 Å². The average molecular weight is 620 g/mol. The van der Waals surface area contributed by atoms with E-state index >= 15 is 4.39 Å². The van der Waals surface area contributed by atoms with Crippen LogP contribution in [0.25, 0.3) is 10.9 Å². The van der Waals surface area contributed by atoms with E-state index in [1.165, 1.54) is 41.3 Å². The molecule has 5 N–H and O–H groups in total. The van der Waals surface area contributed by atoms with Crippen molar-refractivity contribution in [1.82, 2.24) is 15.2 Å². The Morgan fingerprint density at radius 1 is 1.11 bits per heavy atom. The van der Waals surface area contributed by atoms with E-state index in [2.05, 4.69) is 20.9 Å². The maximum atomic E-state index is 15.4. The number of amides is 4. The fourth-order valence-electron chi connectivity index (χ4n) is 5.97. The number of likely N-dealkylation sites (tertiary alicyclic amines) is 1. The molecule has 0 bridgehead atoms. The van der Waals surface area contributed by atoms with Crippen LogP contribution in [0.2, 0.25) is 5.02 Å². The summed E-state index contributed by atoms with van der Waals surface area (Å²) in [5.41, 5.74) is 0.987. The highest BCUT2D eigenvalue weighted by Gasteiger charge is 2.49. The van der Waals surface area contributed by atoms with E-state index < -0.39 is 41.5 Å². The molecule has 3 aromatic carbocycles. The third-order valence-electron chi connectivity index (χ3n) is 7.94. The third kappa shape index (κ3) is 5.51. The molecule has 4 aromatic rings. The SMILES string of the molecule is O=C(O)Nc1ccc(C(=O)N[C@@H](Cc2c[nH]c3ccccc23)C(=O)N2CCC[C@@]3(C2)OC(=O)Nc2ccc(Cl)c(F)c23)cc1. The number of rotatable bonds is 6. The fourth-order valence-corrected chi connectivity index (χ4v) is 6.13. The summed E-state index contributed by atoms with van der Waals surface area (Å²) in [6.07, 6.45) is 0.576. The first-order valence-corrected chi connectivity index (χ1v) is 14.2. The zero-order valence-corrected chi connectivity index (χ0v) is 23.9. The van der Waals surface area contributed by atoms with Crippen LogP contribution in [0.1, 0.15) is 34.3 Å². The number of carbonyl (C=O) groups excluding carboxylic acids is 3. The Labute approximate surface area is 255 Å². The highest BCUT2D eigenvalue weighted by Crippen LogP contribution is 2.45. The number of anilines is 2. The lowest BCUT2D eigenvalue weighted by molar-refractivity contribution is -0.141. The number of ether oxygens (including phenoxy) is 1. The molecule has 0 unspecified atom stereocenters. The molecule has 226 valence electrons. The Bertz CT molecular complexity index is 1790. The second-order valence-electron chi connectivity index (χ2n) is 10.8. The zero-order chi connectivity index (χ0) is 31.0. The summed E-state index contributed by atoms with van der Waals surface area (Å²) in [5.74, 6) is -1.72. The fraction of sp³-hybridized carbons (Fsp3) is 0.226. The normalized spacial score (nSPS) is 18.2. The van der Waals surface area contributed by atoms with Gasteiger partial charge in [0.2, 0.25) is 5.91 Å². The molecule has 2 aliphatic heterocycles. The Morgan fingerprint density at radius 2 is 1.89 bits per heavy atom. The summed E-state index contributed by atoms with van der Waals surface area (Å²) >= 11 is 6.10. The molecule has 2 atom stereocenters. The van der Waals surface area contributed by atoms with Crippen LogP contribution in [-0.4, -0.2) is 58.1 Å². The number of benzene rings is 3. The molecule has 6 rings (SSSR count). The van der Waals surface area contributed by atoms with Gasteiger partial charge in [0, 0.05) is 41.3 Å². The van der Waals surface area contributed by atoms with E-state index in [4.69, 9.17) is 21.4 Å². The third-order valence-corrected chi connectivity index (χ3v) is 8.23. The van der Waals surface area contributed by atoms with E-state index in [1.54, 1.807) is 6.20 Å². The average Bonchev–Trinajstić information content (AvgIpc) is 3.41. The van der Waals surface area contributed by atoms with Crippen LogP contribution in [0.4, 0.5) is 25.4 Å². The van der Waals surface area contributed by atoms with Gasteiger partial charge in [-0.1, -0.05) is 29.8 Å². The van der Waals surface area contributed by atoms with Crippen LogP contribution in [0, 0.1) is 5.82 Å². The minimum absolute atomic E-state index is 0.0781. The van der Waals surface area contributed by atoms with E-state index in [0.717, 1.165) is 16.5 Å². The molecule has 1 spiro atoms. The molecular weight excluding hydrogens is 593 g/mol. The van der Waals surface area contributed by atoms with E-state index in [1.807, 2.05) is 24.3 Å². The predicted molar refractivity (Wildman–Crippen MR) is 160 cm³/mol. The molecular formula is C31H27ClFN5O6. The van der Waals surface area contributed by atoms with Crippen LogP contribution in [0.5, 0.6) is 0 Å². The molecule has 3 heterocycles. The molecule has 4 amide bonds. The summed E-state index contributed by atoms with van der Waals surface area (Å²) in [6, 6.07) is 15.1. The summed E-state index contributed by atoms with van der Waals surface area (Å²) < 4.78 is 21.1. The molecule has 0 saturated carbocycles. The van der Waals surface area contributed by atoms with Gasteiger partial charge in [0.1, 0.15) is 6.04 Å². The van der Waals surface area contributed by atoms with Gasteiger partial charge in [0.05, 0.1) is 22.8 Å². The Balaban J connectivity index is 1.31. The molecule has 13 heteroatoms. The van der Waals surface area contributed by atoms with E-state index in [9.17, 15) is 19.2 Å². The van der Waals surface area contributed by atoms with E-state index in [0.29, 0.717) is 13.0 Å². The maximum absolute atomic E-state index is 15.4. The van der Waals surface area contributed by atoms with Crippen molar-refractivity contribution >= 4 is 57.9 Å². The lowest BCUT2D eigenvalue weighted by atomic mass is 9.82. The lowest BCUT2D eigenvalue weighted by Gasteiger charge is -2.45. The van der Waals surface area contributed by atoms with Gasteiger partial charge in [-0.3, -0.25) is 20.2 Å². The van der Waals surface area contributed by atoms with Crippen LogP contribution in [0.3, 0.4) is 0 Å². The second-order valence-corrected chi connectivity index (χ2v) is 11.2. The number of piperidine rings is 1. The van der Waals surface area contributed by atoms with Crippen molar-refractivity contribution in [3.05, 3.63) is 94.4 Å². The summed E-state index contributed by atoms with van der Waals surface area (Å²) in [4.78, 5) is 55.7. The van der Waals surface area contributed by atoms with Crippen molar-refractivity contribution in [3.63, 3.8) is 0 Å². The quantitative estimate of drug-likeness (QED) is 0.193. The van der Waals surface area contributed by atoms with Gasteiger partial charge < -0.3 is 25.0 Å². The number of nitrogens with zero attached hydrogens (tertiary/aromatic N) is 1. The first kappa shape index (κ1) is 29.0. The number of nitrogens with one attached hydrogen (secondary N) is 4. The Kier molecular flexibility index (Phi) is 7.60. The number of hydrogen-bond donors (Lipinski definition) is 5. The lowest BCUT2D eigenvalue weighted by Crippen LogP contribution is -2.57. The monoisotopic (exact) mass is 619 g/mol. The van der Waals surface area contributed by atoms with Crippen molar-refractivity contribution in [2.75, 3.05) is 23.7 Å². The highest BCUT2D eigenvalue weighted by molar-refractivity contribution is 6.31. The molecule has 11 nitrogen and oxygen atoms in total. The van der Waals surface area contributed by atoms with Gasteiger partial charge in [-0.15, -0.1) is 0 Å². The van der Waals surface area contributed by atoms with Crippen molar-refractivity contribution in [3.8, 4) is 0 Å². The summed E-state index contributed by atoms with van der Waals surface area (Å²) in [7, 11) is 0. The molecule has 1 saturated heterocycles. The van der Waals surface area contributed by atoms with Gasteiger partial charge >= 0.3 is 12.2 Å². The van der Waals surface area contributed by atoms with Gasteiger partial charge in [0.15, 0.2) is 11.4 Å². The molecule has 44 heavy (non-hydrogen) atoms. The van der Waals surface area contributed by atoms with Crippen LogP contribution in [0.15, 0.2) is 66.9 Å². The highest BCUT2D eigenvalue weighted by atomic mass is 35.5. The van der Waals surface area contributed by atoms with Crippen molar-refractivity contribution in [1.29, 1.82) is 0 Å². The smallest absolute Gasteiger partial charge is 0.412 e. The van der Waals surface area contributed by atoms with Gasteiger partial charge in [-0.25, -0.2) is 14.0 Å². The molecule has 0 aliphatic carbocycles. The number of hydrogen-bond acceptors (Lipinski definition) is 5. The number of aromatic nitrogens is 1. The number of H-pyrrole nitrogens is 1. The summed E-state index contributed by atoms with van der Waals surface area (Å²) in [6.45, 7) is 0.151. The summed E-state index contributed by atoms with van der Waals surface area (Å²) in [5, 5.41) is 17.2. The van der Waals surface area contributed by atoms with Gasteiger partial charge in [0.25, 0.3) is 5.91 Å². The first-order valence-electron chi connectivity index (χ1n) is 13.9. The minimum atomic E-state index is -1.47. The van der Waals surface area contributed by atoms with Crippen molar-refractivity contribution < 1.29 is 33.4 Å². The standard InChI is InChI=1S/C31H27ClFN5O6/c32-21-10-11-23-25(26(21)33)31(44-30(43)37-23)12-3-13-38(16-31)28(40)24(14-18-15-34-22-5-2-1-4-20(18)22)36-27(39)17-6-8-19(9-7-17)35-29(41)42/h1-2,4-11,15,24,34-35H,3,12-14,16H2,(H,36,39)(H,37,43)(H,41,42)/t24-,31-/m0/s1.